The maximum Gasteiger partial charge on any atom is 0.319 e. The zero-order valence-electron chi connectivity index (χ0n) is 18.1. The molecule has 162 valence electrons. The van der Waals surface area contributed by atoms with E-state index in [-0.39, 0.29) is 6.03 Å². The number of urea groups is 1. The Labute approximate surface area is 181 Å². The summed E-state index contributed by atoms with van der Waals surface area (Å²) in [5, 5.41) is 10.2. The number of carbonyl (C=O) groups excluding carboxylic acids is 1. The van der Waals surface area contributed by atoms with Crippen molar-refractivity contribution in [3.8, 4) is 0 Å². The lowest BCUT2D eigenvalue weighted by Crippen LogP contribution is -2.51. The summed E-state index contributed by atoms with van der Waals surface area (Å²) in [5.74, 6) is 0. The predicted octanol–water partition coefficient (Wildman–Crippen LogP) is 2.64. The lowest BCUT2D eigenvalue weighted by Gasteiger charge is -2.37. The zero-order valence-corrected chi connectivity index (χ0v) is 18.9. The minimum atomic E-state index is -0.740. The predicted molar refractivity (Wildman–Crippen MR) is 121 cm³/mol. The van der Waals surface area contributed by atoms with E-state index < -0.39 is 5.72 Å². The third-order valence-corrected chi connectivity index (χ3v) is 6.32. The number of amides is 2. The Bertz CT molecular complexity index is 969. The van der Waals surface area contributed by atoms with Gasteiger partial charge >= 0.3 is 6.03 Å². The summed E-state index contributed by atoms with van der Waals surface area (Å²) in [6.07, 6.45) is 7.65. The summed E-state index contributed by atoms with van der Waals surface area (Å²) < 4.78 is 5.29. The molecule has 1 saturated carbocycles. The molecule has 4 rings (SSSR count). The topological polar surface area (TPSA) is 76.4 Å². The van der Waals surface area contributed by atoms with Crippen LogP contribution in [-0.4, -0.2) is 76.3 Å². The van der Waals surface area contributed by atoms with Gasteiger partial charge in [0.2, 0.25) is 0 Å². The van der Waals surface area contributed by atoms with Crippen LogP contribution in [0.5, 0.6) is 0 Å². The quantitative estimate of drug-likeness (QED) is 0.561. The third-order valence-electron chi connectivity index (χ3n) is 5.38. The van der Waals surface area contributed by atoms with Crippen LogP contribution in [0.3, 0.4) is 0 Å². The second kappa shape index (κ2) is 8.13. The van der Waals surface area contributed by atoms with E-state index in [0.29, 0.717) is 13.1 Å². The van der Waals surface area contributed by atoms with Crippen LogP contribution in [0.2, 0.25) is 0 Å². The Morgan fingerprint density at radius 1 is 1.27 bits per heavy atom. The smallest absolute Gasteiger partial charge is 0.319 e. The summed E-state index contributed by atoms with van der Waals surface area (Å²) in [7, 11) is 3.57. The largest absolute Gasteiger partial charge is 0.375 e. The second-order valence-electron chi connectivity index (χ2n) is 8.55. The summed E-state index contributed by atoms with van der Waals surface area (Å²) in [4.78, 5) is 23.8. The zero-order chi connectivity index (χ0) is 21.5. The van der Waals surface area contributed by atoms with Gasteiger partial charge in [-0.2, -0.15) is 0 Å². The number of hydrogen-bond acceptors (Lipinski definition) is 6. The van der Waals surface area contributed by atoms with Crippen LogP contribution < -0.4 is 9.62 Å². The molecule has 3 heterocycles. The first-order chi connectivity index (χ1) is 14.3. The van der Waals surface area contributed by atoms with E-state index in [2.05, 4.69) is 46.2 Å². The van der Waals surface area contributed by atoms with Crippen LogP contribution >= 0.6 is 11.9 Å². The van der Waals surface area contributed by atoms with Crippen LogP contribution in [0.25, 0.3) is 11.7 Å². The highest BCUT2D eigenvalue weighted by Crippen LogP contribution is 2.36. The molecule has 0 atom stereocenters. The van der Waals surface area contributed by atoms with Crippen molar-refractivity contribution in [2.24, 2.45) is 0 Å². The molecule has 1 aliphatic heterocycles. The molecule has 8 nitrogen and oxygen atoms in total. The molecule has 0 unspecified atom stereocenters. The van der Waals surface area contributed by atoms with Gasteiger partial charge in [-0.25, -0.2) is 14.5 Å². The van der Waals surface area contributed by atoms with Crippen molar-refractivity contribution in [1.29, 1.82) is 0 Å². The Balaban J connectivity index is 1.63. The van der Waals surface area contributed by atoms with Crippen molar-refractivity contribution in [2.75, 3.05) is 45.2 Å². The fraction of sp³-hybridized carbons (Fsp3) is 0.524. The van der Waals surface area contributed by atoms with Gasteiger partial charge in [0.15, 0.2) is 5.65 Å². The van der Waals surface area contributed by atoms with E-state index in [4.69, 9.17) is 4.98 Å². The molecule has 2 aliphatic rings. The molecular formula is C21H30N6O2S. The van der Waals surface area contributed by atoms with Crippen molar-refractivity contribution in [3.05, 3.63) is 29.7 Å². The molecule has 1 aliphatic carbocycles. The van der Waals surface area contributed by atoms with E-state index in [1.54, 1.807) is 19.0 Å². The SMILES string of the molecule is CC(C)=Cc1cnc2c(N3CCN(C(=O)N(C)C)CC3)cc(SNC3(O)CC3)cn12. The highest BCUT2D eigenvalue weighted by atomic mass is 32.2. The lowest BCUT2D eigenvalue weighted by molar-refractivity contribution is 0.142. The summed E-state index contributed by atoms with van der Waals surface area (Å²) >= 11 is 1.46. The van der Waals surface area contributed by atoms with Crippen LogP contribution in [0.15, 0.2) is 28.9 Å². The standard InChI is InChI=1S/C21H30N6O2S/c1-15(2)11-16-13-22-19-18(25-7-9-26(10-8-25)20(28)24(3)4)12-17(14-27(16)19)30-23-21(29)5-6-21/h11-14,23,29H,5-10H2,1-4H3. The number of nitrogens with zero attached hydrogens (tertiary/aromatic N) is 5. The highest BCUT2D eigenvalue weighted by Gasteiger charge is 2.40. The fourth-order valence-corrected chi connectivity index (χ4v) is 4.39. The van der Waals surface area contributed by atoms with Crippen molar-refractivity contribution >= 4 is 35.4 Å². The number of pyridine rings is 1. The maximum absolute atomic E-state index is 12.3. The molecule has 0 bridgehead atoms. The summed E-state index contributed by atoms with van der Waals surface area (Å²) in [6, 6.07) is 2.18. The molecule has 0 aromatic carbocycles. The van der Waals surface area contributed by atoms with Crippen molar-refractivity contribution in [1.82, 2.24) is 23.9 Å². The minimum Gasteiger partial charge on any atom is -0.375 e. The van der Waals surface area contributed by atoms with Gasteiger partial charge in [0.05, 0.1) is 17.6 Å². The van der Waals surface area contributed by atoms with E-state index in [0.717, 1.165) is 47.9 Å². The van der Waals surface area contributed by atoms with Gasteiger partial charge in [-0.05, 0) is 50.8 Å². The number of aliphatic hydroxyl groups is 1. The first-order valence-corrected chi connectivity index (χ1v) is 11.1. The monoisotopic (exact) mass is 430 g/mol. The minimum absolute atomic E-state index is 0.0534. The molecule has 2 aromatic rings. The Morgan fingerprint density at radius 2 is 1.97 bits per heavy atom. The lowest BCUT2D eigenvalue weighted by atomic mass is 10.2. The number of anilines is 1. The van der Waals surface area contributed by atoms with Crippen LogP contribution in [0.1, 0.15) is 32.4 Å². The van der Waals surface area contributed by atoms with Crippen LogP contribution in [-0.2, 0) is 0 Å². The van der Waals surface area contributed by atoms with Gasteiger partial charge in [0, 0.05) is 51.4 Å². The molecule has 30 heavy (non-hydrogen) atoms. The van der Waals surface area contributed by atoms with E-state index >= 15 is 0 Å². The van der Waals surface area contributed by atoms with E-state index in [1.807, 2.05) is 11.1 Å². The number of aromatic nitrogens is 2. The Hall–Kier alpha value is -2.23. The third kappa shape index (κ3) is 4.43. The number of allylic oxidation sites excluding steroid dienone is 1. The normalized spacial score (nSPS) is 17.9. The highest BCUT2D eigenvalue weighted by molar-refractivity contribution is 7.97. The Morgan fingerprint density at radius 3 is 2.57 bits per heavy atom. The summed E-state index contributed by atoms with van der Waals surface area (Å²) in [5.41, 5.74) is 3.45. The molecule has 1 saturated heterocycles. The average Bonchev–Trinajstić information content (AvgIpc) is 3.33. The number of imidazole rings is 1. The van der Waals surface area contributed by atoms with Gasteiger partial charge in [0.1, 0.15) is 5.72 Å². The number of rotatable bonds is 5. The first kappa shape index (κ1) is 21.0. The van der Waals surface area contributed by atoms with Crippen LogP contribution in [0, 0.1) is 0 Å². The number of piperazine rings is 1. The van der Waals surface area contributed by atoms with Crippen molar-refractivity contribution in [3.63, 3.8) is 0 Å². The number of carbonyl (C=O) groups is 1. The van der Waals surface area contributed by atoms with Gasteiger partial charge < -0.3 is 19.8 Å². The Kier molecular flexibility index (Phi) is 5.69. The molecule has 2 amide bonds. The van der Waals surface area contributed by atoms with Crippen LogP contribution in [0.4, 0.5) is 10.5 Å². The molecule has 2 fully saturated rings. The summed E-state index contributed by atoms with van der Waals surface area (Å²) in [6.45, 7) is 7.02. The van der Waals surface area contributed by atoms with Gasteiger partial charge in [0.25, 0.3) is 0 Å². The van der Waals surface area contributed by atoms with Crippen molar-refractivity contribution in [2.45, 2.75) is 37.3 Å². The first-order valence-electron chi connectivity index (χ1n) is 10.3. The van der Waals surface area contributed by atoms with E-state index in [1.165, 1.54) is 17.5 Å². The molecule has 9 heteroatoms. The van der Waals surface area contributed by atoms with Gasteiger partial charge in [-0.3, -0.25) is 4.40 Å². The van der Waals surface area contributed by atoms with Gasteiger partial charge in [-0.15, -0.1) is 0 Å². The number of nitrogens with one attached hydrogen (secondary N) is 1. The maximum atomic E-state index is 12.3. The molecular weight excluding hydrogens is 400 g/mol. The fourth-order valence-electron chi connectivity index (χ4n) is 3.55. The number of hydrogen-bond donors (Lipinski definition) is 2. The average molecular weight is 431 g/mol. The number of fused-ring (bicyclic) bond motifs is 1. The van der Waals surface area contributed by atoms with E-state index in [9.17, 15) is 9.90 Å². The molecule has 0 radical (unpaired) electrons. The van der Waals surface area contributed by atoms with Gasteiger partial charge in [-0.1, -0.05) is 5.57 Å². The molecule has 0 spiro atoms. The van der Waals surface area contributed by atoms with Crippen molar-refractivity contribution < 1.29 is 9.90 Å². The molecule has 2 N–H and O–H groups in total. The second-order valence-corrected chi connectivity index (χ2v) is 9.43. The molecule has 2 aromatic heterocycles.